The maximum Gasteiger partial charge on any atom is 0.283 e. The molecule has 0 saturated carbocycles. The highest BCUT2D eigenvalue weighted by atomic mass is 32.1. The van der Waals surface area contributed by atoms with Gasteiger partial charge in [0.1, 0.15) is 11.5 Å². The van der Waals surface area contributed by atoms with Gasteiger partial charge in [0.2, 0.25) is 0 Å². The lowest BCUT2D eigenvalue weighted by molar-refractivity contribution is 0.0994. The first-order valence-corrected chi connectivity index (χ1v) is 9.67. The normalized spacial score (nSPS) is 11.6. The van der Waals surface area contributed by atoms with Gasteiger partial charge in [0.15, 0.2) is 4.80 Å². The minimum atomic E-state index is -0.326. The Hall–Kier alpha value is -2.86. The first-order chi connectivity index (χ1) is 13.2. The number of hydrogen-bond acceptors (Lipinski definition) is 4. The summed E-state index contributed by atoms with van der Waals surface area (Å²) in [6.45, 7) is 9.31. The van der Waals surface area contributed by atoms with E-state index in [0.717, 1.165) is 16.0 Å². The standard InChI is InChI=1S/C21H22N2O3S/c1-4-13-23-17-12-11-15(25-5-2)14-19(17)27-21(23)22-20(24)16-9-7-8-10-18(16)26-6-3/h4,7-12,14H,1,5-6,13H2,2-3H3. The van der Waals surface area contributed by atoms with Crippen molar-refractivity contribution in [2.24, 2.45) is 4.99 Å². The number of aromatic nitrogens is 1. The summed E-state index contributed by atoms with van der Waals surface area (Å²) in [5.74, 6) is 1.02. The number of carbonyl (C=O) groups is 1. The van der Waals surface area contributed by atoms with Crippen LogP contribution < -0.4 is 14.3 Å². The van der Waals surface area contributed by atoms with Crippen molar-refractivity contribution in [1.82, 2.24) is 4.57 Å². The maximum atomic E-state index is 12.8. The average Bonchev–Trinajstić information content (AvgIpc) is 2.99. The van der Waals surface area contributed by atoms with Crippen molar-refractivity contribution in [2.75, 3.05) is 13.2 Å². The van der Waals surface area contributed by atoms with E-state index in [1.165, 1.54) is 11.3 Å². The SMILES string of the molecule is C=CCn1c(=NC(=O)c2ccccc2OCC)sc2cc(OCC)ccc21. The zero-order valence-corrected chi connectivity index (χ0v) is 16.3. The second kappa shape index (κ2) is 8.68. The first-order valence-electron chi connectivity index (χ1n) is 8.85. The highest BCUT2D eigenvalue weighted by molar-refractivity contribution is 7.16. The van der Waals surface area contributed by atoms with Gasteiger partial charge in [-0.15, -0.1) is 6.58 Å². The second-order valence-electron chi connectivity index (χ2n) is 5.69. The Bertz CT molecular complexity index is 1030. The van der Waals surface area contributed by atoms with E-state index in [2.05, 4.69) is 11.6 Å². The number of benzene rings is 2. The number of hydrogen-bond donors (Lipinski definition) is 0. The fourth-order valence-corrected chi connectivity index (χ4v) is 3.84. The fraction of sp³-hybridized carbons (Fsp3) is 0.238. The largest absolute Gasteiger partial charge is 0.494 e. The molecule has 1 heterocycles. The lowest BCUT2D eigenvalue weighted by Crippen LogP contribution is -2.16. The van der Waals surface area contributed by atoms with Crippen molar-refractivity contribution in [2.45, 2.75) is 20.4 Å². The summed E-state index contributed by atoms with van der Waals surface area (Å²) >= 11 is 1.45. The third kappa shape index (κ3) is 4.11. The van der Waals surface area contributed by atoms with E-state index in [4.69, 9.17) is 9.47 Å². The molecule has 0 aliphatic heterocycles. The molecular weight excluding hydrogens is 360 g/mol. The van der Waals surface area contributed by atoms with Crippen molar-refractivity contribution in [3.63, 3.8) is 0 Å². The summed E-state index contributed by atoms with van der Waals surface area (Å²) < 4.78 is 14.1. The Balaban J connectivity index is 2.10. The molecule has 0 atom stereocenters. The Labute approximate surface area is 162 Å². The Morgan fingerprint density at radius 2 is 1.96 bits per heavy atom. The number of ether oxygens (including phenoxy) is 2. The molecule has 3 rings (SSSR count). The molecule has 140 valence electrons. The zero-order valence-electron chi connectivity index (χ0n) is 15.5. The molecule has 0 fully saturated rings. The van der Waals surface area contributed by atoms with Gasteiger partial charge < -0.3 is 14.0 Å². The molecule has 0 radical (unpaired) electrons. The lowest BCUT2D eigenvalue weighted by Gasteiger charge is -2.06. The summed E-state index contributed by atoms with van der Waals surface area (Å²) in [6.07, 6.45) is 1.79. The molecule has 1 amide bonds. The molecule has 0 unspecified atom stereocenters. The van der Waals surface area contributed by atoms with Crippen LogP contribution >= 0.6 is 11.3 Å². The van der Waals surface area contributed by atoms with Gasteiger partial charge in [0.05, 0.1) is 29.0 Å². The highest BCUT2D eigenvalue weighted by Gasteiger charge is 2.13. The summed E-state index contributed by atoms with van der Waals surface area (Å²) in [5, 5.41) is 0. The number of thiazole rings is 1. The first kappa shape index (κ1) is 18.9. The number of fused-ring (bicyclic) bond motifs is 1. The Kier molecular flexibility index (Phi) is 6.08. The van der Waals surface area contributed by atoms with E-state index < -0.39 is 0 Å². The van der Waals surface area contributed by atoms with Gasteiger partial charge in [-0.05, 0) is 44.2 Å². The number of amides is 1. The van der Waals surface area contributed by atoms with Crippen LogP contribution in [-0.4, -0.2) is 23.7 Å². The fourth-order valence-electron chi connectivity index (χ4n) is 2.77. The van der Waals surface area contributed by atoms with E-state index in [0.29, 0.717) is 35.9 Å². The molecule has 5 nitrogen and oxygen atoms in total. The van der Waals surface area contributed by atoms with Crippen molar-refractivity contribution in [3.05, 3.63) is 65.5 Å². The minimum Gasteiger partial charge on any atom is -0.494 e. The van der Waals surface area contributed by atoms with Crippen molar-refractivity contribution in [1.29, 1.82) is 0 Å². The molecule has 0 bridgehead atoms. The molecular formula is C21H22N2O3S. The zero-order chi connectivity index (χ0) is 19.2. The quantitative estimate of drug-likeness (QED) is 0.568. The lowest BCUT2D eigenvalue weighted by atomic mass is 10.2. The number of nitrogens with zero attached hydrogens (tertiary/aromatic N) is 2. The summed E-state index contributed by atoms with van der Waals surface area (Å²) in [4.78, 5) is 17.8. The van der Waals surface area contributed by atoms with E-state index in [1.807, 2.05) is 48.7 Å². The molecule has 27 heavy (non-hydrogen) atoms. The van der Waals surface area contributed by atoms with Crippen LogP contribution in [0.2, 0.25) is 0 Å². The van der Waals surface area contributed by atoms with Crippen molar-refractivity contribution in [3.8, 4) is 11.5 Å². The molecule has 0 aliphatic rings. The summed E-state index contributed by atoms with van der Waals surface area (Å²) in [5.41, 5.74) is 1.45. The monoisotopic (exact) mass is 382 g/mol. The maximum absolute atomic E-state index is 12.8. The Morgan fingerprint density at radius 3 is 2.70 bits per heavy atom. The third-order valence-electron chi connectivity index (χ3n) is 3.89. The van der Waals surface area contributed by atoms with E-state index in [9.17, 15) is 4.79 Å². The number of rotatable bonds is 7. The third-order valence-corrected chi connectivity index (χ3v) is 4.93. The summed E-state index contributed by atoms with van der Waals surface area (Å²) in [6, 6.07) is 13.0. The van der Waals surface area contributed by atoms with Crippen molar-refractivity contribution >= 4 is 27.5 Å². The van der Waals surface area contributed by atoms with Crippen LogP contribution in [0.15, 0.2) is 60.1 Å². The van der Waals surface area contributed by atoms with Crippen LogP contribution in [0.1, 0.15) is 24.2 Å². The minimum absolute atomic E-state index is 0.326. The van der Waals surface area contributed by atoms with Crippen LogP contribution in [0, 0.1) is 0 Å². The van der Waals surface area contributed by atoms with Crippen LogP contribution in [0.3, 0.4) is 0 Å². The molecule has 0 N–H and O–H groups in total. The van der Waals surface area contributed by atoms with Gasteiger partial charge in [-0.2, -0.15) is 4.99 Å². The molecule has 0 spiro atoms. The predicted molar refractivity (Wildman–Crippen MR) is 109 cm³/mol. The topological polar surface area (TPSA) is 52.8 Å². The van der Waals surface area contributed by atoms with Gasteiger partial charge in [-0.3, -0.25) is 4.79 Å². The molecule has 3 aromatic rings. The van der Waals surface area contributed by atoms with Gasteiger partial charge in [0, 0.05) is 6.54 Å². The van der Waals surface area contributed by atoms with Crippen LogP contribution in [0.25, 0.3) is 10.2 Å². The van der Waals surface area contributed by atoms with E-state index in [-0.39, 0.29) is 5.91 Å². The van der Waals surface area contributed by atoms with Gasteiger partial charge in [0.25, 0.3) is 5.91 Å². The van der Waals surface area contributed by atoms with Gasteiger partial charge >= 0.3 is 0 Å². The highest BCUT2D eigenvalue weighted by Crippen LogP contribution is 2.24. The molecule has 0 aliphatic carbocycles. The van der Waals surface area contributed by atoms with Crippen LogP contribution in [0.5, 0.6) is 11.5 Å². The van der Waals surface area contributed by atoms with E-state index >= 15 is 0 Å². The van der Waals surface area contributed by atoms with Crippen LogP contribution in [0.4, 0.5) is 0 Å². The number of para-hydroxylation sites is 1. The Morgan fingerprint density at radius 1 is 1.19 bits per heavy atom. The van der Waals surface area contributed by atoms with E-state index in [1.54, 1.807) is 18.2 Å². The molecule has 6 heteroatoms. The second-order valence-corrected chi connectivity index (χ2v) is 6.70. The van der Waals surface area contributed by atoms with Gasteiger partial charge in [-0.1, -0.05) is 29.5 Å². The average molecular weight is 382 g/mol. The number of carbonyl (C=O) groups excluding carboxylic acids is 1. The summed E-state index contributed by atoms with van der Waals surface area (Å²) in [7, 11) is 0. The van der Waals surface area contributed by atoms with Crippen molar-refractivity contribution < 1.29 is 14.3 Å². The number of allylic oxidation sites excluding steroid dienone is 1. The molecule has 1 aromatic heterocycles. The molecule has 0 saturated heterocycles. The van der Waals surface area contributed by atoms with Crippen LogP contribution in [-0.2, 0) is 6.54 Å². The predicted octanol–water partition coefficient (Wildman–Crippen LogP) is 4.43. The smallest absolute Gasteiger partial charge is 0.283 e. The molecule has 2 aromatic carbocycles. The van der Waals surface area contributed by atoms with Gasteiger partial charge in [-0.25, -0.2) is 0 Å².